The summed E-state index contributed by atoms with van der Waals surface area (Å²) in [6.45, 7) is 12.3. The number of rotatable bonds is 2. The zero-order chi connectivity index (χ0) is 21.1. The quantitative estimate of drug-likeness (QED) is 0.628. The lowest BCUT2D eigenvalue weighted by molar-refractivity contribution is 0.253. The van der Waals surface area contributed by atoms with E-state index >= 15 is 0 Å². The van der Waals surface area contributed by atoms with Crippen molar-refractivity contribution in [3.8, 4) is 23.1 Å². The van der Waals surface area contributed by atoms with E-state index in [9.17, 15) is 14.3 Å². The minimum atomic E-state index is -0.919. The van der Waals surface area contributed by atoms with Crippen LogP contribution in [0.1, 0.15) is 32.3 Å². The maximum atomic E-state index is 14.2. The third-order valence-corrected chi connectivity index (χ3v) is 5.08. The summed E-state index contributed by atoms with van der Waals surface area (Å²) < 4.78 is 15.7. The van der Waals surface area contributed by atoms with Gasteiger partial charge in [-0.05, 0) is 31.7 Å². The number of piperidine rings is 1. The van der Waals surface area contributed by atoms with Gasteiger partial charge in [-0.2, -0.15) is 0 Å². The molecular weight excluding hydrogens is 371 g/mol. The molecule has 6 nitrogen and oxygen atoms in total. The number of anilines is 1. The Bertz CT molecular complexity index is 1080. The van der Waals surface area contributed by atoms with Crippen molar-refractivity contribution in [2.75, 3.05) is 18.0 Å². The fourth-order valence-electron chi connectivity index (χ4n) is 3.33. The van der Waals surface area contributed by atoms with Crippen LogP contribution in [0.3, 0.4) is 0 Å². The Morgan fingerprint density at radius 3 is 2.66 bits per heavy atom. The van der Waals surface area contributed by atoms with Crippen molar-refractivity contribution in [3.63, 3.8) is 0 Å². The summed E-state index contributed by atoms with van der Waals surface area (Å²) in [5, 5.41) is 9.53. The van der Waals surface area contributed by atoms with Gasteiger partial charge in [-0.15, -0.1) is 0 Å². The van der Waals surface area contributed by atoms with Crippen LogP contribution in [0.2, 0.25) is 0 Å². The van der Waals surface area contributed by atoms with Crippen molar-refractivity contribution >= 4 is 11.6 Å². The molecule has 0 spiro atoms. The number of benzene rings is 1. The van der Waals surface area contributed by atoms with Crippen LogP contribution in [0.15, 0.2) is 23.0 Å². The van der Waals surface area contributed by atoms with Crippen molar-refractivity contribution in [3.05, 3.63) is 51.4 Å². The maximum absolute atomic E-state index is 14.2. The number of hydrogen-bond acceptors (Lipinski definition) is 4. The van der Waals surface area contributed by atoms with Gasteiger partial charge in [0.1, 0.15) is 17.5 Å². The molecule has 0 saturated carbocycles. The van der Waals surface area contributed by atoms with Crippen molar-refractivity contribution < 1.29 is 9.50 Å². The number of nitrogens with zero attached hydrogens (tertiary/aromatic N) is 4. The van der Waals surface area contributed by atoms with Gasteiger partial charge >= 0.3 is 0 Å². The van der Waals surface area contributed by atoms with E-state index in [1.165, 1.54) is 23.6 Å². The lowest BCUT2D eigenvalue weighted by Crippen LogP contribution is -2.38. The highest BCUT2D eigenvalue weighted by Crippen LogP contribution is 2.28. The van der Waals surface area contributed by atoms with E-state index in [2.05, 4.69) is 33.5 Å². The second-order valence-corrected chi connectivity index (χ2v) is 7.39. The van der Waals surface area contributed by atoms with Crippen LogP contribution in [-0.4, -0.2) is 33.9 Å². The van der Waals surface area contributed by atoms with Gasteiger partial charge in [-0.3, -0.25) is 9.36 Å². The van der Waals surface area contributed by atoms with E-state index in [-0.39, 0.29) is 22.5 Å². The zero-order valence-corrected chi connectivity index (χ0v) is 16.7. The molecule has 1 aliphatic heterocycles. The zero-order valence-electron chi connectivity index (χ0n) is 16.7. The highest BCUT2D eigenvalue weighted by atomic mass is 19.1. The van der Waals surface area contributed by atoms with E-state index in [0.717, 1.165) is 25.9 Å². The summed E-state index contributed by atoms with van der Waals surface area (Å²) in [7, 11) is 1.64. The Morgan fingerprint density at radius 1 is 1.38 bits per heavy atom. The van der Waals surface area contributed by atoms with Gasteiger partial charge < -0.3 is 10.0 Å². The minimum Gasteiger partial charge on any atom is -0.381 e. The van der Waals surface area contributed by atoms with Crippen LogP contribution < -0.4 is 10.5 Å². The molecular formula is C22H23FN4O2. The van der Waals surface area contributed by atoms with Crippen molar-refractivity contribution in [1.29, 1.82) is 0 Å². The maximum Gasteiger partial charge on any atom is 0.271 e. The van der Waals surface area contributed by atoms with Crippen LogP contribution in [0.5, 0.6) is 0 Å². The highest BCUT2D eigenvalue weighted by molar-refractivity contribution is 5.70. The molecule has 1 aromatic heterocycles. The molecule has 1 saturated heterocycles. The van der Waals surface area contributed by atoms with Crippen LogP contribution in [-0.2, 0) is 7.05 Å². The lowest BCUT2D eigenvalue weighted by atomic mass is 9.99. The summed E-state index contributed by atoms with van der Waals surface area (Å²) in [5.74, 6) is 5.74. The molecule has 1 N–H and O–H groups in total. The second kappa shape index (κ2) is 8.46. The van der Waals surface area contributed by atoms with Crippen LogP contribution in [0, 0.1) is 30.1 Å². The molecule has 150 valence electrons. The summed E-state index contributed by atoms with van der Waals surface area (Å²) in [5.41, 5.74) is 0.266. The predicted molar refractivity (Wildman–Crippen MR) is 110 cm³/mol. The van der Waals surface area contributed by atoms with Gasteiger partial charge in [0.2, 0.25) is 11.6 Å². The van der Waals surface area contributed by atoms with E-state index < -0.39 is 11.9 Å². The first-order valence-corrected chi connectivity index (χ1v) is 9.54. The smallest absolute Gasteiger partial charge is 0.271 e. The summed E-state index contributed by atoms with van der Waals surface area (Å²) >= 11 is 0. The van der Waals surface area contributed by atoms with Crippen LogP contribution >= 0.6 is 0 Å². The lowest BCUT2D eigenvalue weighted by Gasteiger charge is -2.32. The standard InChI is InChI=1S/C22H23FN4O2/c1-14-9-11-27(12-10-14)22-25-20(16-6-8-19(24-3)18(23)13-16)17(7-5-15(2)28)21(29)26(22)4/h6,8,13-15,28H,9-12H2,1-2,4H3. The molecule has 2 heterocycles. The van der Waals surface area contributed by atoms with Gasteiger partial charge in [0, 0.05) is 25.7 Å². The third-order valence-electron chi connectivity index (χ3n) is 5.08. The molecule has 0 aliphatic carbocycles. The molecule has 1 aromatic carbocycles. The molecule has 1 atom stereocenters. The van der Waals surface area contributed by atoms with Crippen LogP contribution in [0.4, 0.5) is 16.0 Å². The Kier molecular flexibility index (Phi) is 6.00. The third kappa shape index (κ3) is 4.31. The van der Waals surface area contributed by atoms with E-state index in [1.54, 1.807) is 13.1 Å². The Labute approximate surface area is 169 Å². The number of aromatic nitrogens is 2. The van der Waals surface area contributed by atoms with Gasteiger partial charge in [-0.1, -0.05) is 30.9 Å². The van der Waals surface area contributed by atoms with Gasteiger partial charge in [0.25, 0.3) is 5.56 Å². The number of halogens is 1. The molecule has 7 heteroatoms. The van der Waals surface area contributed by atoms with Crippen molar-refractivity contribution in [2.24, 2.45) is 13.0 Å². The van der Waals surface area contributed by atoms with E-state index in [1.807, 2.05) is 0 Å². The molecule has 1 aliphatic rings. The van der Waals surface area contributed by atoms with Gasteiger partial charge in [0.05, 0.1) is 12.3 Å². The summed E-state index contributed by atoms with van der Waals surface area (Å²) in [6.07, 6.45) is 1.09. The number of aliphatic hydroxyl groups is 1. The average Bonchev–Trinajstić information content (AvgIpc) is 2.69. The molecule has 29 heavy (non-hydrogen) atoms. The Hall–Kier alpha value is -3.16. The second-order valence-electron chi connectivity index (χ2n) is 7.39. The van der Waals surface area contributed by atoms with Gasteiger partial charge in [-0.25, -0.2) is 14.2 Å². The topological polar surface area (TPSA) is 62.7 Å². The molecule has 0 bridgehead atoms. The van der Waals surface area contributed by atoms with Crippen molar-refractivity contribution in [2.45, 2.75) is 32.8 Å². The summed E-state index contributed by atoms with van der Waals surface area (Å²) in [6, 6.07) is 4.13. The van der Waals surface area contributed by atoms with Gasteiger partial charge in [0.15, 0.2) is 0 Å². The summed E-state index contributed by atoms with van der Waals surface area (Å²) in [4.78, 5) is 23.0. The SMILES string of the molecule is [C-]#[N+]c1ccc(-c2nc(N3CCC(C)CC3)n(C)c(=O)c2C#CC(C)O)cc1F. The first-order valence-electron chi connectivity index (χ1n) is 9.54. The first-order chi connectivity index (χ1) is 13.8. The predicted octanol–water partition coefficient (Wildman–Crippen LogP) is 3.11. The van der Waals surface area contributed by atoms with E-state index in [4.69, 9.17) is 6.57 Å². The molecule has 0 amide bonds. The van der Waals surface area contributed by atoms with E-state index in [0.29, 0.717) is 17.4 Å². The fraction of sp³-hybridized carbons (Fsp3) is 0.409. The van der Waals surface area contributed by atoms with Crippen molar-refractivity contribution in [1.82, 2.24) is 9.55 Å². The number of aliphatic hydroxyl groups excluding tert-OH is 1. The first kappa shape index (κ1) is 20.6. The Morgan fingerprint density at radius 2 is 2.07 bits per heavy atom. The Balaban J connectivity index is 2.21. The number of hydrogen-bond donors (Lipinski definition) is 1. The molecule has 2 aromatic rings. The fourth-order valence-corrected chi connectivity index (χ4v) is 3.33. The van der Waals surface area contributed by atoms with Crippen LogP contribution in [0.25, 0.3) is 16.1 Å². The molecule has 3 rings (SSSR count). The minimum absolute atomic E-state index is 0.0949. The largest absolute Gasteiger partial charge is 0.381 e. The highest BCUT2D eigenvalue weighted by Gasteiger charge is 2.23. The molecule has 1 fully saturated rings. The monoisotopic (exact) mass is 394 g/mol. The molecule has 0 radical (unpaired) electrons. The normalized spacial score (nSPS) is 15.4. The average molecular weight is 394 g/mol. The molecule has 1 unspecified atom stereocenters.